The summed E-state index contributed by atoms with van der Waals surface area (Å²) in [5, 5.41) is 0. The van der Waals surface area contributed by atoms with Crippen molar-refractivity contribution >= 4 is 0 Å². The molecule has 0 bridgehead atoms. The molecule has 0 aromatic rings. The average molecular weight is 254 g/mol. The van der Waals surface area contributed by atoms with Gasteiger partial charge in [-0.1, -0.05) is 20.3 Å². The van der Waals surface area contributed by atoms with E-state index in [0.29, 0.717) is 17.4 Å². The lowest BCUT2D eigenvalue weighted by molar-refractivity contribution is -0.0641. The van der Waals surface area contributed by atoms with Crippen LogP contribution in [0.15, 0.2) is 0 Å². The first-order valence-corrected chi connectivity index (χ1v) is 7.41. The Morgan fingerprint density at radius 1 is 1.28 bits per heavy atom. The molecule has 1 aliphatic carbocycles. The Balaban J connectivity index is 2.00. The van der Waals surface area contributed by atoms with Gasteiger partial charge in [-0.25, -0.2) is 0 Å². The highest BCUT2D eigenvalue weighted by atomic mass is 16.5. The van der Waals surface area contributed by atoms with E-state index in [1.165, 1.54) is 19.3 Å². The lowest BCUT2D eigenvalue weighted by Crippen LogP contribution is -2.58. The molecule has 1 aliphatic heterocycles. The van der Waals surface area contributed by atoms with E-state index in [4.69, 9.17) is 10.5 Å². The molecule has 106 valence electrons. The lowest BCUT2D eigenvalue weighted by atomic mass is 9.68. The minimum atomic E-state index is 0.166. The minimum absolute atomic E-state index is 0.166. The highest BCUT2D eigenvalue weighted by Gasteiger charge is 2.39. The zero-order valence-electron chi connectivity index (χ0n) is 12.5. The largest absolute Gasteiger partial charge is 0.378 e. The second kappa shape index (κ2) is 5.10. The van der Waals surface area contributed by atoms with Crippen LogP contribution in [0, 0.1) is 11.3 Å². The summed E-state index contributed by atoms with van der Waals surface area (Å²) in [5.41, 5.74) is 6.98. The van der Waals surface area contributed by atoms with E-state index in [9.17, 15) is 0 Å². The predicted molar refractivity (Wildman–Crippen MR) is 75.6 cm³/mol. The first-order chi connectivity index (χ1) is 8.33. The molecule has 1 saturated heterocycles. The zero-order chi connectivity index (χ0) is 13.4. The van der Waals surface area contributed by atoms with Crippen molar-refractivity contribution in [3.05, 3.63) is 0 Å². The molecule has 3 nitrogen and oxygen atoms in total. The molecule has 18 heavy (non-hydrogen) atoms. The molecule has 0 aromatic heterocycles. The Kier molecular flexibility index (Phi) is 4.05. The summed E-state index contributed by atoms with van der Waals surface area (Å²) in [7, 11) is 0. The van der Waals surface area contributed by atoms with E-state index in [1.54, 1.807) is 0 Å². The number of morpholine rings is 1. The molecular formula is C15H30N2O. The van der Waals surface area contributed by atoms with Crippen LogP contribution in [0.1, 0.15) is 47.0 Å². The lowest BCUT2D eigenvalue weighted by Gasteiger charge is -2.48. The van der Waals surface area contributed by atoms with Crippen LogP contribution in [0.3, 0.4) is 0 Å². The summed E-state index contributed by atoms with van der Waals surface area (Å²) < 4.78 is 5.60. The van der Waals surface area contributed by atoms with E-state index in [1.807, 2.05) is 0 Å². The molecule has 2 fully saturated rings. The van der Waals surface area contributed by atoms with Gasteiger partial charge in [0.1, 0.15) is 0 Å². The Morgan fingerprint density at radius 3 is 2.67 bits per heavy atom. The fourth-order valence-electron chi connectivity index (χ4n) is 3.52. The fraction of sp³-hybridized carbons (Fsp3) is 1.00. The Labute approximate surface area is 112 Å². The third kappa shape index (κ3) is 2.89. The highest BCUT2D eigenvalue weighted by molar-refractivity contribution is 4.94. The van der Waals surface area contributed by atoms with Gasteiger partial charge in [0.05, 0.1) is 13.2 Å². The molecule has 2 aliphatic rings. The maximum absolute atomic E-state index is 6.50. The van der Waals surface area contributed by atoms with Crippen LogP contribution in [0.5, 0.6) is 0 Å². The normalized spacial score (nSPS) is 36.5. The summed E-state index contributed by atoms with van der Waals surface area (Å²) in [6, 6.07) is 0.338. The van der Waals surface area contributed by atoms with Crippen molar-refractivity contribution in [3.8, 4) is 0 Å². The van der Waals surface area contributed by atoms with Crippen molar-refractivity contribution in [2.75, 3.05) is 26.3 Å². The minimum Gasteiger partial charge on any atom is -0.378 e. The Morgan fingerprint density at radius 2 is 2.00 bits per heavy atom. The maximum Gasteiger partial charge on any atom is 0.0645 e. The molecule has 2 atom stereocenters. The third-order valence-corrected chi connectivity index (χ3v) is 5.08. The quantitative estimate of drug-likeness (QED) is 0.821. The van der Waals surface area contributed by atoms with Gasteiger partial charge in [-0.15, -0.1) is 0 Å². The Hall–Kier alpha value is -0.120. The van der Waals surface area contributed by atoms with Crippen LogP contribution in [-0.4, -0.2) is 42.8 Å². The molecule has 3 heteroatoms. The van der Waals surface area contributed by atoms with Gasteiger partial charge in [-0.3, -0.25) is 4.90 Å². The van der Waals surface area contributed by atoms with Gasteiger partial charge in [-0.05, 0) is 38.0 Å². The summed E-state index contributed by atoms with van der Waals surface area (Å²) in [6.45, 7) is 13.1. The van der Waals surface area contributed by atoms with Crippen molar-refractivity contribution in [2.45, 2.75) is 58.5 Å². The first-order valence-electron chi connectivity index (χ1n) is 7.41. The van der Waals surface area contributed by atoms with Crippen molar-refractivity contribution in [1.82, 2.24) is 4.90 Å². The monoisotopic (exact) mass is 254 g/mol. The van der Waals surface area contributed by atoms with Gasteiger partial charge in [-0.2, -0.15) is 0 Å². The van der Waals surface area contributed by atoms with Crippen molar-refractivity contribution in [1.29, 1.82) is 0 Å². The summed E-state index contributed by atoms with van der Waals surface area (Å²) in [4.78, 5) is 2.59. The number of rotatable bonds is 2. The predicted octanol–water partition coefficient (Wildman–Crippen LogP) is 2.25. The topological polar surface area (TPSA) is 38.5 Å². The molecular weight excluding hydrogens is 224 g/mol. The second-order valence-electron chi connectivity index (χ2n) is 7.48. The van der Waals surface area contributed by atoms with Gasteiger partial charge < -0.3 is 10.5 Å². The smallest absolute Gasteiger partial charge is 0.0645 e. The van der Waals surface area contributed by atoms with Gasteiger partial charge in [0.25, 0.3) is 0 Å². The molecule has 1 saturated carbocycles. The van der Waals surface area contributed by atoms with E-state index < -0.39 is 0 Å². The van der Waals surface area contributed by atoms with Gasteiger partial charge in [0.15, 0.2) is 0 Å². The summed E-state index contributed by atoms with van der Waals surface area (Å²) in [6.07, 6.45) is 3.89. The van der Waals surface area contributed by atoms with Crippen molar-refractivity contribution in [3.63, 3.8) is 0 Å². The molecule has 2 N–H and O–H groups in total. The molecule has 0 spiro atoms. The van der Waals surface area contributed by atoms with Crippen molar-refractivity contribution < 1.29 is 4.74 Å². The third-order valence-electron chi connectivity index (χ3n) is 5.08. The van der Waals surface area contributed by atoms with Crippen LogP contribution in [0.4, 0.5) is 0 Å². The van der Waals surface area contributed by atoms with E-state index in [-0.39, 0.29) is 5.54 Å². The molecule has 1 heterocycles. The first kappa shape index (κ1) is 14.3. The number of nitrogens with two attached hydrogens (primary N) is 1. The number of hydrogen-bond acceptors (Lipinski definition) is 3. The highest BCUT2D eigenvalue weighted by Crippen LogP contribution is 2.38. The number of nitrogens with zero attached hydrogens (tertiary/aromatic N) is 1. The second-order valence-corrected chi connectivity index (χ2v) is 7.48. The summed E-state index contributed by atoms with van der Waals surface area (Å²) in [5.74, 6) is 0.645. The number of ether oxygens (including phenoxy) is 1. The van der Waals surface area contributed by atoms with Crippen LogP contribution >= 0.6 is 0 Å². The van der Waals surface area contributed by atoms with Gasteiger partial charge in [0, 0.05) is 24.7 Å². The summed E-state index contributed by atoms with van der Waals surface area (Å²) >= 11 is 0. The number of hydrogen-bond donors (Lipinski definition) is 1. The standard InChI is InChI=1S/C15H30N2O/c1-14(2)7-5-6-12(13(14)16)10-17-8-9-18-11-15(17,3)4/h12-13H,5-11,16H2,1-4H3. The van der Waals surface area contributed by atoms with Crippen LogP contribution in [0.25, 0.3) is 0 Å². The molecule has 2 rings (SSSR count). The van der Waals surface area contributed by atoms with Gasteiger partial charge >= 0.3 is 0 Å². The Bertz CT molecular complexity index is 288. The van der Waals surface area contributed by atoms with Crippen LogP contribution < -0.4 is 5.73 Å². The van der Waals surface area contributed by atoms with E-state index >= 15 is 0 Å². The van der Waals surface area contributed by atoms with Crippen molar-refractivity contribution in [2.24, 2.45) is 17.1 Å². The van der Waals surface area contributed by atoms with Crippen LogP contribution in [0.2, 0.25) is 0 Å². The maximum atomic E-state index is 6.50. The van der Waals surface area contributed by atoms with E-state index in [2.05, 4.69) is 32.6 Å². The van der Waals surface area contributed by atoms with Crippen LogP contribution in [-0.2, 0) is 4.74 Å². The zero-order valence-corrected chi connectivity index (χ0v) is 12.5. The molecule has 0 amide bonds. The SMILES string of the molecule is CC1(C)CCCC(CN2CCOCC2(C)C)C1N. The molecule has 0 aromatic carbocycles. The molecule has 2 unspecified atom stereocenters. The fourth-order valence-corrected chi connectivity index (χ4v) is 3.52. The van der Waals surface area contributed by atoms with Gasteiger partial charge in [0.2, 0.25) is 0 Å². The average Bonchev–Trinajstić information content (AvgIpc) is 2.27. The van der Waals surface area contributed by atoms with E-state index in [0.717, 1.165) is 26.3 Å². The molecule has 0 radical (unpaired) electrons.